The molecule has 7 heteroatoms. The number of carbonyl (C=O) groups is 1. The Morgan fingerprint density at radius 3 is 1.81 bits per heavy atom. The lowest BCUT2D eigenvalue weighted by atomic mass is 10.2. The van der Waals surface area contributed by atoms with Gasteiger partial charge < -0.3 is 26.2 Å². The van der Waals surface area contributed by atoms with Crippen LogP contribution in [0, 0.1) is 0 Å². The molecule has 0 saturated heterocycles. The van der Waals surface area contributed by atoms with Crippen LogP contribution in [0.2, 0.25) is 0 Å². The fourth-order valence-electron chi connectivity index (χ4n) is 1.34. The van der Waals surface area contributed by atoms with Gasteiger partial charge in [-0.1, -0.05) is 30.3 Å². The number of carboxylic acids is 1. The SMILES string of the molecule is Cl.NCc1ccccc1.O=C(O)c1cc(O)c(O)c(O)c1. The molecule has 21 heavy (non-hydrogen) atoms. The van der Waals surface area contributed by atoms with Crippen molar-refractivity contribution in [3.8, 4) is 17.2 Å². The summed E-state index contributed by atoms with van der Waals surface area (Å²) in [5.74, 6) is -3.33. The third-order valence-electron chi connectivity index (χ3n) is 2.40. The molecule has 114 valence electrons. The summed E-state index contributed by atoms with van der Waals surface area (Å²) in [6, 6.07) is 11.7. The van der Waals surface area contributed by atoms with Gasteiger partial charge in [-0.15, -0.1) is 12.4 Å². The molecule has 0 amide bonds. The summed E-state index contributed by atoms with van der Waals surface area (Å²) in [5.41, 5.74) is 6.25. The fourth-order valence-corrected chi connectivity index (χ4v) is 1.34. The molecule has 0 radical (unpaired) electrons. The number of phenolic OH excluding ortho intramolecular Hbond substituents is 3. The van der Waals surface area contributed by atoms with Gasteiger partial charge in [0.1, 0.15) is 0 Å². The summed E-state index contributed by atoms with van der Waals surface area (Å²) in [4.78, 5) is 10.3. The van der Waals surface area contributed by atoms with Crippen LogP contribution in [0.3, 0.4) is 0 Å². The molecule has 0 aromatic heterocycles. The van der Waals surface area contributed by atoms with Gasteiger partial charge in [0.15, 0.2) is 17.2 Å². The van der Waals surface area contributed by atoms with Crippen LogP contribution in [0.5, 0.6) is 17.2 Å². The number of benzene rings is 2. The second-order valence-electron chi connectivity index (χ2n) is 3.86. The van der Waals surface area contributed by atoms with Gasteiger partial charge in [-0.2, -0.15) is 0 Å². The monoisotopic (exact) mass is 313 g/mol. The number of rotatable bonds is 2. The predicted molar refractivity (Wildman–Crippen MR) is 80.0 cm³/mol. The van der Waals surface area contributed by atoms with Gasteiger partial charge in [0.2, 0.25) is 0 Å². The minimum absolute atomic E-state index is 0. The highest BCUT2D eigenvalue weighted by molar-refractivity contribution is 5.89. The number of hydrogen-bond donors (Lipinski definition) is 5. The number of hydrogen-bond acceptors (Lipinski definition) is 5. The van der Waals surface area contributed by atoms with Crippen molar-refractivity contribution in [3.63, 3.8) is 0 Å². The Morgan fingerprint density at radius 2 is 1.48 bits per heavy atom. The summed E-state index contributed by atoms with van der Waals surface area (Å²) >= 11 is 0. The highest BCUT2D eigenvalue weighted by atomic mass is 35.5. The maximum absolute atomic E-state index is 10.3. The number of nitrogens with two attached hydrogens (primary N) is 1. The highest BCUT2D eigenvalue weighted by Gasteiger charge is 2.11. The van der Waals surface area contributed by atoms with Gasteiger partial charge in [-0.05, 0) is 17.7 Å². The van der Waals surface area contributed by atoms with E-state index in [0.29, 0.717) is 6.54 Å². The molecule has 0 heterocycles. The lowest BCUT2D eigenvalue weighted by Crippen LogP contribution is -1.95. The van der Waals surface area contributed by atoms with Crippen LogP contribution in [0.1, 0.15) is 15.9 Å². The topological polar surface area (TPSA) is 124 Å². The van der Waals surface area contributed by atoms with Crippen molar-refractivity contribution >= 4 is 18.4 Å². The van der Waals surface area contributed by atoms with Gasteiger partial charge >= 0.3 is 5.97 Å². The zero-order valence-corrected chi connectivity index (χ0v) is 11.7. The van der Waals surface area contributed by atoms with E-state index in [1.54, 1.807) is 0 Å². The van der Waals surface area contributed by atoms with Crippen LogP contribution in [-0.2, 0) is 6.54 Å². The number of aromatic hydroxyl groups is 3. The Morgan fingerprint density at radius 1 is 1.00 bits per heavy atom. The molecule has 6 nitrogen and oxygen atoms in total. The maximum atomic E-state index is 10.3. The number of carboxylic acid groups (broad SMARTS) is 1. The maximum Gasteiger partial charge on any atom is 0.335 e. The first-order chi connectivity index (χ1) is 9.45. The smallest absolute Gasteiger partial charge is 0.335 e. The van der Waals surface area contributed by atoms with Gasteiger partial charge in [-0.25, -0.2) is 4.79 Å². The Hall–Kier alpha value is -2.44. The van der Waals surface area contributed by atoms with E-state index in [1.165, 1.54) is 5.56 Å². The van der Waals surface area contributed by atoms with Crippen LogP contribution < -0.4 is 5.73 Å². The summed E-state index contributed by atoms with van der Waals surface area (Å²) < 4.78 is 0. The summed E-state index contributed by atoms with van der Waals surface area (Å²) in [6.45, 7) is 0.640. The molecule has 0 atom stereocenters. The molecule has 6 N–H and O–H groups in total. The van der Waals surface area contributed by atoms with Gasteiger partial charge in [0, 0.05) is 6.54 Å². The van der Waals surface area contributed by atoms with Gasteiger partial charge in [0.05, 0.1) is 5.56 Å². The standard InChI is InChI=1S/C7H9N.C7H6O5.ClH/c8-6-7-4-2-1-3-5-7;8-4-1-3(7(11)12)2-5(9)6(4)10;/h1-5H,6,8H2;1-2,8-10H,(H,11,12);1H. The van der Waals surface area contributed by atoms with E-state index in [9.17, 15) is 4.79 Å². The largest absolute Gasteiger partial charge is 0.504 e. The van der Waals surface area contributed by atoms with Crippen molar-refractivity contribution in [2.24, 2.45) is 5.73 Å². The molecule has 0 unspecified atom stereocenters. The van der Waals surface area contributed by atoms with Crippen LogP contribution in [0.4, 0.5) is 0 Å². The van der Waals surface area contributed by atoms with Crippen molar-refractivity contribution in [1.82, 2.24) is 0 Å². The Labute approximate surface area is 127 Å². The number of halogens is 1. The lowest BCUT2D eigenvalue weighted by molar-refractivity contribution is 0.0696. The molecular formula is C14H16ClNO5. The van der Waals surface area contributed by atoms with E-state index in [0.717, 1.165) is 12.1 Å². The molecule has 2 aromatic rings. The van der Waals surface area contributed by atoms with Gasteiger partial charge in [-0.3, -0.25) is 0 Å². The fraction of sp³-hybridized carbons (Fsp3) is 0.0714. The number of aromatic carboxylic acids is 1. The van der Waals surface area contributed by atoms with Crippen molar-refractivity contribution in [2.75, 3.05) is 0 Å². The predicted octanol–water partition coefficient (Wildman–Crippen LogP) is 2.07. The second kappa shape index (κ2) is 8.68. The minimum atomic E-state index is -1.29. The molecule has 0 bridgehead atoms. The molecule has 0 aliphatic rings. The van der Waals surface area contributed by atoms with Crippen molar-refractivity contribution < 1.29 is 25.2 Å². The Balaban J connectivity index is 0.000000390. The van der Waals surface area contributed by atoms with Crippen LogP contribution >= 0.6 is 12.4 Å². The minimum Gasteiger partial charge on any atom is -0.504 e. The van der Waals surface area contributed by atoms with Crippen molar-refractivity contribution in [3.05, 3.63) is 53.6 Å². The zero-order valence-electron chi connectivity index (χ0n) is 10.9. The highest BCUT2D eigenvalue weighted by Crippen LogP contribution is 2.35. The van der Waals surface area contributed by atoms with E-state index < -0.39 is 23.2 Å². The quantitative estimate of drug-likeness (QED) is 0.541. The second-order valence-corrected chi connectivity index (χ2v) is 3.86. The van der Waals surface area contributed by atoms with Crippen LogP contribution in [0.25, 0.3) is 0 Å². The first kappa shape index (κ1) is 18.6. The normalized spacial score (nSPS) is 9.00. The molecule has 0 aliphatic carbocycles. The summed E-state index contributed by atoms with van der Waals surface area (Å²) in [7, 11) is 0. The van der Waals surface area contributed by atoms with E-state index in [4.69, 9.17) is 26.2 Å². The molecule has 0 fully saturated rings. The van der Waals surface area contributed by atoms with E-state index in [2.05, 4.69) is 0 Å². The lowest BCUT2D eigenvalue weighted by Gasteiger charge is -2.01. The third-order valence-corrected chi connectivity index (χ3v) is 2.40. The molecule has 0 saturated carbocycles. The molecular weight excluding hydrogens is 298 g/mol. The molecule has 0 aliphatic heterocycles. The van der Waals surface area contributed by atoms with E-state index in [-0.39, 0.29) is 18.0 Å². The van der Waals surface area contributed by atoms with Gasteiger partial charge in [0.25, 0.3) is 0 Å². The van der Waals surface area contributed by atoms with Crippen molar-refractivity contribution in [2.45, 2.75) is 6.54 Å². The Bertz CT molecular complexity index is 566. The van der Waals surface area contributed by atoms with E-state index in [1.807, 2.05) is 30.3 Å². The third kappa shape index (κ3) is 5.60. The zero-order chi connectivity index (χ0) is 15.1. The van der Waals surface area contributed by atoms with Crippen LogP contribution in [-0.4, -0.2) is 26.4 Å². The molecule has 2 rings (SSSR count). The van der Waals surface area contributed by atoms with E-state index >= 15 is 0 Å². The average molecular weight is 314 g/mol. The average Bonchev–Trinajstić information content (AvgIpc) is 2.45. The first-order valence-electron chi connectivity index (χ1n) is 5.68. The Kier molecular flexibility index (Phi) is 7.67. The molecule has 0 spiro atoms. The first-order valence-corrected chi connectivity index (χ1v) is 5.68. The summed E-state index contributed by atoms with van der Waals surface area (Å²) in [5, 5.41) is 35.0. The van der Waals surface area contributed by atoms with Crippen molar-refractivity contribution in [1.29, 1.82) is 0 Å². The molecule has 2 aromatic carbocycles. The summed E-state index contributed by atoms with van der Waals surface area (Å²) in [6.07, 6.45) is 0. The van der Waals surface area contributed by atoms with Crippen LogP contribution in [0.15, 0.2) is 42.5 Å². The number of phenols is 3.